The summed E-state index contributed by atoms with van der Waals surface area (Å²) in [6.45, 7) is 4.09. The highest BCUT2D eigenvalue weighted by Crippen LogP contribution is 2.21. The van der Waals surface area contributed by atoms with Crippen LogP contribution in [0.5, 0.6) is 0 Å². The van der Waals surface area contributed by atoms with Gasteiger partial charge in [-0.2, -0.15) is 5.10 Å². The molecule has 0 aliphatic carbocycles. The maximum absolute atomic E-state index is 5.79. The molecular formula is C13H15BrN4S. The zero-order valence-corrected chi connectivity index (χ0v) is 13.3. The number of rotatable bonds is 4. The van der Waals surface area contributed by atoms with Gasteiger partial charge in [0.15, 0.2) is 5.82 Å². The summed E-state index contributed by atoms with van der Waals surface area (Å²) in [7, 11) is 0. The Morgan fingerprint density at radius 3 is 2.68 bits per heavy atom. The van der Waals surface area contributed by atoms with Gasteiger partial charge in [-0.25, -0.2) is 9.67 Å². The minimum Gasteiger partial charge on any atom is -0.389 e. The Labute approximate surface area is 126 Å². The summed E-state index contributed by atoms with van der Waals surface area (Å²) in [5.41, 5.74) is 7.46. The molecule has 2 aromatic rings. The molecule has 0 aliphatic heterocycles. The molecule has 4 nitrogen and oxygen atoms in total. The van der Waals surface area contributed by atoms with Crippen molar-refractivity contribution in [1.29, 1.82) is 0 Å². The summed E-state index contributed by atoms with van der Waals surface area (Å²) in [6.07, 6.45) is 1.60. The molecule has 2 N–H and O–H groups in total. The molecule has 0 aliphatic rings. The van der Waals surface area contributed by atoms with E-state index in [1.54, 1.807) is 0 Å². The molecule has 2 rings (SSSR count). The molecule has 1 aromatic carbocycles. The number of aryl methyl sites for hydroxylation is 2. The number of hydrogen-bond donors (Lipinski definition) is 1. The SMILES string of the molecule is CCc1nc(CC)n(-c2cc(Br)ccc2C(N)=S)n1. The Hall–Kier alpha value is -1.27. The van der Waals surface area contributed by atoms with E-state index in [9.17, 15) is 0 Å². The van der Waals surface area contributed by atoms with E-state index in [2.05, 4.69) is 32.9 Å². The lowest BCUT2D eigenvalue weighted by atomic mass is 10.2. The van der Waals surface area contributed by atoms with Gasteiger partial charge in [0.05, 0.1) is 5.69 Å². The van der Waals surface area contributed by atoms with E-state index in [4.69, 9.17) is 18.0 Å². The van der Waals surface area contributed by atoms with Gasteiger partial charge in [-0.1, -0.05) is 42.0 Å². The minimum atomic E-state index is 0.359. The first-order chi connectivity index (χ1) is 9.06. The predicted octanol–water partition coefficient (Wildman–Crippen LogP) is 2.79. The van der Waals surface area contributed by atoms with E-state index in [0.717, 1.165) is 40.2 Å². The van der Waals surface area contributed by atoms with Gasteiger partial charge >= 0.3 is 0 Å². The van der Waals surface area contributed by atoms with Gasteiger partial charge in [0, 0.05) is 22.9 Å². The molecule has 0 spiro atoms. The molecule has 0 atom stereocenters. The third kappa shape index (κ3) is 2.84. The van der Waals surface area contributed by atoms with Gasteiger partial charge in [0.1, 0.15) is 10.8 Å². The van der Waals surface area contributed by atoms with Crippen LogP contribution in [0.3, 0.4) is 0 Å². The van der Waals surface area contributed by atoms with E-state index >= 15 is 0 Å². The van der Waals surface area contributed by atoms with Crippen LogP contribution >= 0.6 is 28.1 Å². The van der Waals surface area contributed by atoms with Crippen LogP contribution in [0.25, 0.3) is 5.69 Å². The topological polar surface area (TPSA) is 56.7 Å². The van der Waals surface area contributed by atoms with Gasteiger partial charge in [0.2, 0.25) is 0 Å². The molecule has 0 unspecified atom stereocenters. The quantitative estimate of drug-likeness (QED) is 0.871. The van der Waals surface area contributed by atoms with Gasteiger partial charge in [-0.05, 0) is 18.2 Å². The third-order valence-electron chi connectivity index (χ3n) is 2.80. The molecule has 100 valence electrons. The maximum atomic E-state index is 5.79. The molecular weight excluding hydrogens is 324 g/mol. The fourth-order valence-electron chi connectivity index (χ4n) is 1.85. The fraction of sp³-hybridized carbons (Fsp3) is 0.308. The minimum absolute atomic E-state index is 0.359. The summed E-state index contributed by atoms with van der Waals surface area (Å²) < 4.78 is 2.79. The molecule has 0 bridgehead atoms. The van der Waals surface area contributed by atoms with Crippen LogP contribution in [0.1, 0.15) is 31.1 Å². The standard InChI is InChI=1S/C13H15BrN4S/c1-3-11-16-12(4-2)18(17-11)10-7-8(14)5-6-9(10)13(15)19/h5-7H,3-4H2,1-2H3,(H2,15,19). The molecule has 0 amide bonds. The van der Waals surface area contributed by atoms with E-state index < -0.39 is 0 Å². The average Bonchev–Trinajstić information content (AvgIpc) is 2.81. The molecule has 0 fully saturated rings. The van der Waals surface area contributed by atoms with Gasteiger partial charge in [0.25, 0.3) is 0 Å². The van der Waals surface area contributed by atoms with Crippen molar-refractivity contribution in [2.75, 3.05) is 0 Å². The first kappa shape index (κ1) is 14.1. The van der Waals surface area contributed by atoms with Crippen LogP contribution in [0, 0.1) is 0 Å². The molecule has 0 saturated heterocycles. The van der Waals surface area contributed by atoms with E-state index in [1.807, 2.05) is 29.8 Å². The largest absolute Gasteiger partial charge is 0.389 e. The summed E-state index contributed by atoms with van der Waals surface area (Å²) in [5, 5.41) is 4.52. The van der Waals surface area contributed by atoms with E-state index in [1.165, 1.54) is 0 Å². The Morgan fingerprint density at radius 2 is 2.11 bits per heavy atom. The zero-order valence-electron chi connectivity index (χ0n) is 10.9. The highest BCUT2D eigenvalue weighted by Gasteiger charge is 2.14. The summed E-state index contributed by atoms with van der Waals surface area (Å²) >= 11 is 8.58. The van der Waals surface area contributed by atoms with Crippen LogP contribution in [0.4, 0.5) is 0 Å². The lowest BCUT2D eigenvalue weighted by Gasteiger charge is -2.10. The average molecular weight is 339 g/mol. The summed E-state index contributed by atoms with van der Waals surface area (Å²) in [4.78, 5) is 4.87. The fourth-order valence-corrected chi connectivity index (χ4v) is 2.37. The Bertz CT molecular complexity index is 621. The smallest absolute Gasteiger partial charge is 0.151 e. The maximum Gasteiger partial charge on any atom is 0.151 e. The third-order valence-corrected chi connectivity index (χ3v) is 3.52. The van der Waals surface area contributed by atoms with Crippen LogP contribution in [-0.2, 0) is 12.8 Å². The van der Waals surface area contributed by atoms with Crippen molar-refractivity contribution in [2.24, 2.45) is 5.73 Å². The zero-order chi connectivity index (χ0) is 14.0. The summed E-state index contributed by atoms with van der Waals surface area (Å²) in [6, 6.07) is 5.78. The first-order valence-electron chi connectivity index (χ1n) is 6.11. The molecule has 0 saturated carbocycles. The summed E-state index contributed by atoms with van der Waals surface area (Å²) in [5.74, 6) is 1.73. The molecule has 19 heavy (non-hydrogen) atoms. The van der Waals surface area contributed by atoms with Crippen LogP contribution < -0.4 is 5.73 Å². The molecule has 1 heterocycles. The second kappa shape index (κ2) is 5.79. The number of hydrogen-bond acceptors (Lipinski definition) is 3. The second-order valence-electron chi connectivity index (χ2n) is 4.09. The van der Waals surface area contributed by atoms with Crippen molar-refractivity contribution in [2.45, 2.75) is 26.7 Å². The van der Waals surface area contributed by atoms with Crippen LogP contribution in [0.15, 0.2) is 22.7 Å². The number of halogens is 1. The first-order valence-corrected chi connectivity index (χ1v) is 7.31. The van der Waals surface area contributed by atoms with Crippen LogP contribution in [0.2, 0.25) is 0 Å². The van der Waals surface area contributed by atoms with Crippen molar-refractivity contribution < 1.29 is 0 Å². The van der Waals surface area contributed by atoms with Crippen molar-refractivity contribution in [3.05, 3.63) is 39.9 Å². The van der Waals surface area contributed by atoms with Crippen molar-refractivity contribution in [1.82, 2.24) is 14.8 Å². The molecule has 1 aromatic heterocycles. The lowest BCUT2D eigenvalue weighted by molar-refractivity contribution is 0.789. The van der Waals surface area contributed by atoms with Crippen molar-refractivity contribution in [3.63, 3.8) is 0 Å². The highest BCUT2D eigenvalue weighted by atomic mass is 79.9. The second-order valence-corrected chi connectivity index (χ2v) is 5.44. The Kier molecular flexibility index (Phi) is 4.31. The highest BCUT2D eigenvalue weighted by molar-refractivity contribution is 9.10. The van der Waals surface area contributed by atoms with Crippen LogP contribution in [-0.4, -0.2) is 19.8 Å². The molecule has 6 heteroatoms. The van der Waals surface area contributed by atoms with Gasteiger partial charge in [-0.3, -0.25) is 0 Å². The van der Waals surface area contributed by atoms with Gasteiger partial charge < -0.3 is 5.73 Å². The Balaban J connectivity index is 2.66. The Morgan fingerprint density at radius 1 is 1.37 bits per heavy atom. The number of nitrogens with two attached hydrogens (primary N) is 1. The van der Waals surface area contributed by atoms with E-state index in [-0.39, 0.29) is 0 Å². The molecule has 0 radical (unpaired) electrons. The van der Waals surface area contributed by atoms with Crippen molar-refractivity contribution in [3.8, 4) is 5.69 Å². The predicted molar refractivity (Wildman–Crippen MR) is 83.7 cm³/mol. The van der Waals surface area contributed by atoms with E-state index in [0.29, 0.717) is 4.99 Å². The number of thiocarbonyl (C=S) groups is 1. The lowest BCUT2D eigenvalue weighted by Crippen LogP contribution is -2.15. The monoisotopic (exact) mass is 338 g/mol. The van der Waals surface area contributed by atoms with Crippen molar-refractivity contribution >= 4 is 33.1 Å². The number of nitrogens with zero attached hydrogens (tertiary/aromatic N) is 3. The van der Waals surface area contributed by atoms with Gasteiger partial charge in [-0.15, -0.1) is 0 Å². The number of aromatic nitrogens is 3. The normalized spacial score (nSPS) is 10.7. The number of benzene rings is 1.